The van der Waals surface area contributed by atoms with Crippen molar-refractivity contribution in [2.75, 3.05) is 38.2 Å². The largest absolute Gasteiger partial charge is 0.506 e. The summed E-state index contributed by atoms with van der Waals surface area (Å²) in [6, 6.07) is 6.90. The van der Waals surface area contributed by atoms with Crippen molar-refractivity contribution in [1.82, 2.24) is 5.32 Å². The number of aromatic hydroxyl groups is 1. The van der Waals surface area contributed by atoms with Crippen molar-refractivity contribution >= 4 is 17.7 Å². The molecule has 2 amide bonds. The normalized spacial score (nSPS) is 16.9. The van der Waals surface area contributed by atoms with Crippen molar-refractivity contribution in [1.29, 1.82) is 0 Å². The Balaban J connectivity index is 1.90. The highest BCUT2D eigenvalue weighted by Crippen LogP contribution is 2.25. The lowest BCUT2D eigenvalue weighted by Crippen LogP contribution is -3.19. The maximum Gasteiger partial charge on any atom is 0.413 e. The molecule has 0 radical (unpaired) electrons. The number of alkyl carbamates (subject to hydrolysis) is 1. The van der Waals surface area contributed by atoms with Crippen LogP contribution in [0, 0.1) is 0 Å². The van der Waals surface area contributed by atoms with E-state index in [4.69, 9.17) is 0 Å². The second kappa shape index (κ2) is 7.13. The van der Waals surface area contributed by atoms with Gasteiger partial charge in [0.15, 0.2) is 6.04 Å². The molecule has 0 spiro atoms. The van der Waals surface area contributed by atoms with Gasteiger partial charge in [-0.15, -0.1) is 0 Å². The number of hydrogen-bond donors (Lipinski definition) is 3. The summed E-state index contributed by atoms with van der Waals surface area (Å²) in [5.41, 5.74) is 0.813. The fraction of sp³-hybridized carbons (Fsp3) is 0.467. The van der Waals surface area contributed by atoms with E-state index in [9.17, 15) is 14.7 Å². The molecule has 22 heavy (non-hydrogen) atoms. The first-order valence-corrected chi connectivity index (χ1v) is 7.29. The van der Waals surface area contributed by atoms with E-state index in [1.807, 2.05) is 12.1 Å². The number of anilines is 1. The average Bonchev–Trinajstić information content (AvgIpc) is 2.54. The smallest absolute Gasteiger partial charge is 0.413 e. The number of ether oxygens (including phenoxy) is 1. The number of amides is 2. The molecule has 1 atom stereocenters. The van der Waals surface area contributed by atoms with Gasteiger partial charge in [-0.05, 0) is 19.1 Å². The number of hydrogen-bond acceptors (Lipinski definition) is 5. The second-order valence-corrected chi connectivity index (χ2v) is 5.34. The van der Waals surface area contributed by atoms with E-state index in [0.717, 1.165) is 36.8 Å². The number of rotatable bonds is 3. The summed E-state index contributed by atoms with van der Waals surface area (Å²) in [5, 5.41) is 12.1. The van der Waals surface area contributed by atoms with Gasteiger partial charge in [0.1, 0.15) is 5.75 Å². The lowest BCUT2D eigenvalue weighted by molar-refractivity contribution is -0.914. The SMILES string of the molecule is COC(=O)NC(=O)[C@H](C)[NH+]1CCN(c2ccccc2O)CC1. The highest BCUT2D eigenvalue weighted by Gasteiger charge is 2.30. The van der Waals surface area contributed by atoms with Crippen molar-refractivity contribution in [2.24, 2.45) is 0 Å². The number of quaternary nitrogens is 1. The molecule has 0 aromatic heterocycles. The second-order valence-electron chi connectivity index (χ2n) is 5.34. The molecular formula is C15H22N3O4+. The zero-order valence-corrected chi connectivity index (χ0v) is 12.8. The fourth-order valence-corrected chi connectivity index (χ4v) is 2.64. The van der Waals surface area contributed by atoms with Crippen LogP contribution < -0.4 is 15.1 Å². The Morgan fingerprint density at radius 3 is 2.55 bits per heavy atom. The monoisotopic (exact) mass is 308 g/mol. The van der Waals surface area contributed by atoms with E-state index in [2.05, 4.69) is 15.0 Å². The average molecular weight is 308 g/mol. The molecule has 1 saturated heterocycles. The molecule has 1 aromatic rings. The number of nitrogens with zero attached hydrogens (tertiary/aromatic N) is 1. The molecule has 1 fully saturated rings. The summed E-state index contributed by atoms with van der Waals surface area (Å²) in [5.74, 6) is -0.0692. The van der Waals surface area contributed by atoms with Crippen molar-refractivity contribution in [2.45, 2.75) is 13.0 Å². The molecule has 120 valence electrons. The summed E-state index contributed by atoms with van der Waals surface area (Å²) >= 11 is 0. The number of carbonyl (C=O) groups excluding carboxylic acids is 2. The van der Waals surface area contributed by atoms with Gasteiger partial charge in [-0.2, -0.15) is 0 Å². The van der Waals surface area contributed by atoms with E-state index in [-0.39, 0.29) is 17.7 Å². The standard InChI is InChI=1S/C15H21N3O4/c1-11(14(20)16-15(21)22-2)17-7-9-18(10-8-17)12-5-3-4-6-13(12)19/h3-6,11,19H,7-10H2,1-2H3,(H,16,20,21)/p+1/t11-/m0/s1. The molecular weight excluding hydrogens is 286 g/mol. The number of imide groups is 1. The zero-order valence-electron chi connectivity index (χ0n) is 12.8. The highest BCUT2D eigenvalue weighted by molar-refractivity contribution is 5.93. The van der Waals surface area contributed by atoms with E-state index < -0.39 is 6.09 Å². The van der Waals surface area contributed by atoms with E-state index in [0.29, 0.717) is 0 Å². The Morgan fingerprint density at radius 2 is 1.95 bits per heavy atom. The van der Waals surface area contributed by atoms with Crippen LogP contribution >= 0.6 is 0 Å². The number of carbonyl (C=O) groups is 2. The third-order valence-corrected chi connectivity index (χ3v) is 4.04. The predicted octanol–water partition coefficient (Wildman–Crippen LogP) is -0.632. The minimum Gasteiger partial charge on any atom is -0.506 e. The fourth-order valence-electron chi connectivity index (χ4n) is 2.64. The summed E-state index contributed by atoms with van der Waals surface area (Å²) in [7, 11) is 1.23. The van der Waals surface area contributed by atoms with E-state index >= 15 is 0 Å². The van der Waals surface area contributed by atoms with Crippen LogP contribution in [-0.2, 0) is 9.53 Å². The van der Waals surface area contributed by atoms with Gasteiger partial charge in [0.05, 0.1) is 39.0 Å². The third-order valence-electron chi connectivity index (χ3n) is 4.04. The zero-order chi connectivity index (χ0) is 16.1. The van der Waals surface area contributed by atoms with Crippen LogP contribution in [0.3, 0.4) is 0 Å². The summed E-state index contributed by atoms with van der Waals surface area (Å²) < 4.78 is 4.43. The molecule has 7 heteroatoms. The number of benzene rings is 1. The Kier molecular flexibility index (Phi) is 5.21. The van der Waals surface area contributed by atoms with Crippen molar-refractivity contribution in [3.8, 4) is 5.75 Å². The number of methoxy groups -OCH3 is 1. The molecule has 0 saturated carbocycles. The predicted molar refractivity (Wildman–Crippen MR) is 81.0 cm³/mol. The van der Waals surface area contributed by atoms with Gasteiger partial charge in [0, 0.05) is 0 Å². The van der Waals surface area contributed by atoms with Gasteiger partial charge in [-0.1, -0.05) is 12.1 Å². The number of para-hydroxylation sites is 2. The van der Waals surface area contributed by atoms with Crippen LogP contribution in [-0.4, -0.2) is 56.4 Å². The molecule has 1 heterocycles. The number of phenolic OH excluding ortho intramolecular Hbond substituents is 1. The topological polar surface area (TPSA) is 83.3 Å². The number of nitrogens with one attached hydrogen (secondary N) is 2. The Labute approximate surface area is 129 Å². The van der Waals surface area contributed by atoms with Gasteiger partial charge < -0.3 is 19.6 Å². The number of phenols is 1. The minimum atomic E-state index is -0.732. The first kappa shape index (κ1) is 16.1. The van der Waals surface area contributed by atoms with Crippen LogP contribution in [0.1, 0.15) is 6.92 Å². The van der Waals surface area contributed by atoms with Crippen LogP contribution in [0.5, 0.6) is 5.75 Å². The molecule has 1 aliphatic rings. The van der Waals surface area contributed by atoms with Gasteiger partial charge in [0.2, 0.25) is 0 Å². The molecule has 0 aliphatic carbocycles. The summed E-state index contributed by atoms with van der Waals surface area (Å²) in [6.45, 7) is 4.78. The molecule has 0 bridgehead atoms. The molecule has 0 unspecified atom stereocenters. The van der Waals surface area contributed by atoms with Crippen molar-refractivity contribution in [3.63, 3.8) is 0 Å². The highest BCUT2D eigenvalue weighted by atomic mass is 16.5. The van der Waals surface area contributed by atoms with Crippen molar-refractivity contribution < 1.29 is 24.3 Å². The maximum absolute atomic E-state index is 11.9. The van der Waals surface area contributed by atoms with Crippen LogP contribution in [0.15, 0.2) is 24.3 Å². The first-order valence-electron chi connectivity index (χ1n) is 7.29. The Hall–Kier alpha value is -2.28. The quantitative estimate of drug-likeness (QED) is 0.692. The van der Waals surface area contributed by atoms with Crippen molar-refractivity contribution in [3.05, 3.63) is 24.3 Å². The first-order chi connectivity index (χ1) is 10.5. The van der Waals surface area contributed by atoms with Gasteiger partial charge in [-0.3, -0.25) is 10.1 Å². The summed E-state index contributed by atoms with van der Waals surface area (Å²) in [6.07, 6.45) is -0.732. The van der Waals surface area contributed by atoms with Gasteiger partial charge in [0.25, 0.3) is 5.91 Å². The maximum atomic E-state index is 11.9. The lowest BCUT2D eigenvalue weighted by atomic mass is 10.2. The number of piperazine rings is 1. The third kappa shape index (κ3) is 3.67. The Morgan fingerprint density at radius 1 is 1.32 bits per heavy atom. The molecule has 2 rings (SSSR count). The van der Waals surface area contributed by atoms with E-state index in [1.54, 1.807) is 19.1 Å². The van der Waals surface area contributed by atoms with Gasteiger partial charge >= 0.3 is 6.09 Å². The molecule has 3 N–H and O–H groups in total. The van der Waals surface area contributed by atoms with Gasteiger partial charge in [-0.25, -0.2) is 4.79 Å². The van der Waals surface area contributed by atoms with Crippen LogP contribution in [0.4, 0.5) is 10.5 Å². The lowest BCUT2D eigenvalue weighted by Gasteiger charge is -2.36. The molecule has 1 aliphatic heterocycles. The minimum absolute atomic E-state index is 0.266. The van der Waals surface area contributed by atoms with Crippen LogP contribution in [0.25, 0.3) is 0 Å². The van der Waals surface area contributed by atoms with E-state index in [1.165, 1.54) is 7.11 Å². The molecule has 1 aromatic carbocycles. The van der Waals surface area contributed by atoms with Crippen LogP contribution in [0.2, 0.25) is 0 Å². The summed E-state index contributed by atoms with van der Waals surface area (Å²) in [4.78, 5) is 26.2. The Bertz CT molecular complexity index is 541. The molecule has 7 nitrogen and oxygen atoms in total.